The normalized spacial score (nSPS) is 24.9. The van der Waals surface area contributed by atoms with Gasteiger partial charge in [-0.3, -0.25) is 9.69 Å². The summed E-state index contributed by atoms with van der Waals surface area (Å²) in [4.78, 5) is 13.6. The van der Waals surface area contributed by atoms with Gasteiger partial charge in [-0.2, -0.15) is 5.26 Å². The number of benzene rings is 1. The molecule has 0 bridgehead atoms. The average molecular weight is 272 g/mol. The van der Waals surface area contributed by atoms with Crippen LogP contribution in [0, 0.1) is 16.7 Å². The van der Waals surface area contributed by atoms with Crippen molar-refractivity contribution in [3.63, 3.8) is 0 Å². The molecule has 2 rings (SSSR count). The fourth-order valence-corrected chi connectivity index (χ4v) is 2.83. The van der Waals surface area contributed by atoms with E-state index < -0.39 is 11.4 Å². The van der Waals surface area contributed by atoms with Crippen LogP contribution in [0.1, 0.15) is 43.9 Å². The minimum absolute atomic E-state index is 0.168. The van der Waals surface area contributed by atoms with Gasteiger partial charge in [-0.1, -0.05) is 12.1 Å². The third kappa shape index (κ3) is 2.83. The molecule has 1 aromatic rings. The molecule has 106 valence electrons. The van der Waals surface area contributed by atoms with Crippen LogP contribution in [0.5, 0.6) is 0 Å². The van der Waals surface area contributed by atoms with Gasteiger partial charge in [0.2, 0.25) is 0 Å². The van der Waals surface area contributed by atoms with Crippen molar-refractivity contribution in [3.05, 3.63) is 35.4 Å². The Morgan fingerprint density at radius 1 is 1.45 bits per heavy atom. The summed E-state index contributed by atoms with van der Waals surface area (Å²) in [6, 6.07) is 9.81. The monoisotopic (exact) mass is 272 g/mol. The summed E-state index contributed by atoms with van der Waals surface area (Å²) in [7, 11) is 0. The zero-order chi connectivity index (χ0) is 14.8. The molecule has 1 aliphatic heterocycles. The molecule has 1 heterocycles. The Morgan fingerprint density at radius 3 is 2.65 bits per heavy atom. The summed E-state index contributed by atoms with van der Waals surface area (Å²) >= 11 is 0. The second kappa shape index (κ2) is 5.64. The van der Waals surface area contributed by atoms with Gasteiger partial charge in [0.15, 0.2) is 0 Å². The van der Waals surface area contributed by atoms with E-state index in [9.17, 15) is 9.90 Å². The number of carboxylic acids is 1. The Hall–Kier alpha value is -1.86. The standard InChI is InChI=1S/C16H20N2O2/c1-12(14-6-4-13(10-17)5-7-14)18-9-3-8-16(2,11-18)15(19)20/h4-7,12H,3,8-9,11H2,1-2H3,(H,19,20). The quantitative estimate of drug-likeness (QED) is 0.919. The van der Waals surface area contributed by atoms with Gasteiger partial charge in [0.25, 0.3) is 0 Å². The van der Waals surface area contributed by atoms with Crippen LogP contribution in [0.15, 0.2) is 24.3 Å². The molecule has 2 atom stereocenters. The van der Waals surface area contributed by atoms with Gasteiger partial charge < -0.3 is 5.11 Å². The van der Waals surface area contributed by atoms with E-state index in [-0.39, 0.29) is 6.04 Å². The molecule has 0 saturated carbocycles. The van der Waals surface area contributed by atoms with Crippen LogP contribution in [0.25, 0.3) is 0 Å². The molecular formula is C16H20N2O2. The largest absolute Gasteiger partial charge is 0.481 e. The number of piperidine rings is 1. The summed E-state index contributed by atoms with van der Waals surface area (Å²) in [6.07, 6.45) is 1.64. The Balaban J connectivity index is 2.14. The lowest BCUT2D eigenvalue weighted by Crippen LogP contribution is -2.46. The SMILES string of the molecule is CC(c1ccc(C#N)cc1)N1CCCC(C)(C(=O)O)C1. The third-order valence-electron chi connectivity index (χ3n) is 4.31. The van der Waals surface area contributed by atoms with Crippen molar-refractivity contribution in [2.75, 3.05) is 13.1 Å². The minimum atomic E-state index is -0.714. The van der Waals surface area contributed by atoms with Crippen LogP contribution in [0.4, 0.5) is 0 Å². The van der Waals surface area contributed by atoms with E-state index in [1.165, 1.54) is 0 Å². The van der Waals surface area contributed by atoms with Crippen LogP contribution < -0.4 is 0 Å². The van der Waals surface area contributed by atoms with Gasteiger partial charge in [-0.15, -0.1) is 0 Å². The lowest BCUT2D eigenvalue weighted by Gasteiger charge is -2.40. The van der Waals surface area contributed by atoms with Crippen LogP contribution >= 0.6 is 0 Å². The summed E-state index contributed by atoms with van der Waals surface area (Å²) in [5.74, 6) is -0.714. The first-order valence-corrected chi connectivity index (χ1v) is 6.94. The van der Waals surface area contributed by atoms with Gasteiger partial charge in [-0.05, 0) is 50.9 Å². The highest BCUT2D eigenvalue weighted by Gasteiger charge is 2.39. The third-order valence-corrected chi connectivity index (χ3v) is 4.31. The highest BCUT2D eigenvalue weighted by atomic mass is 16.4. The van der Waals surface area contributed by atoms with Crippen LogP contribution in [0.3, 0.4) is 0 Å². The fraction of sp³-hybridized carbons (Fsp3) is 0.500. The van der Waals surface area contributed by atoms with E-state index in [1.54, 1.807) is 0 Å². The van der Waals surface area contributed by atoms with Crippen molar-refractivity contribution >= 4 is 5.97 Å². The maximum atomic E-state index is 11.4. The highest BCUT2D eigenvalue weighted by Crippen LogP contribution is 2.34. The van der Waals surface area contributed by atoms with E-state index in [0.717, 1.165) is 24.9 Å². The van der Waals surface area contributed by atoms with E-state index in [2.05, 4.69) is 17.9 Å². The second-order valence-corrected chi connectivity index (χ2v) is 5.85. The van der Waals surface area contributed by atoms with Crippen LogP contribution in [-0.4, -0.2) is 29.1 Å². The molecular weight excluding hydrogens is 252 g/mol. The minimum Gasteiger partial charge on any atom is -0.481 e. The number of aliphatic carboxylic acids is 1. The van der Waals surface area contributed by atoms with E-state index in [0.29, 0.717) is 12.1 Å². The molecule has 1 aromatic carbocycles. The topological polar surface area (TPSA) is 64.3 Å². The molecule has 20 heavy (non-hydrogen) atoms. The van der Waals surface area contributed by atoms with E-state index in [1.807, 2.05) is 31.2 Å². The number of hydrogen-bond acceptors (Lipinski definition) is 3. The van der Waals surface area contributed by atoms with Crippen molar-refractivity contribution in [3.8, 4) is 6.07 Å². The lowest BCUT2D eigenvalue weighted by molar-refractivity contribution is -0.151. The first kappa shape index (κ1) is 14.5. The van der Waals surface area contributed by atoms with E-state index >= 15 is 0 Å². The van der Waals surface area contributed by atoms with Crippen molar-refractivity contribution in [2.24, 2.45) is 5.41 Å². The number of rotatable bonds is 3. The molecule has 0 aromatic heterocycles. The Bertz CT molecular complexity index is 532. The predicted molar refractivity (Wildman–Crippen MR) is 76.1 cm³/mol. The molecule has 0 aliphatic carbocycles. The van der Waals surface area contributed by atoms with Gasteiger partial charge >= 0.3 is 5.97 Å². The number of nitriles is 1. The van der Waals surface area contributed by atoms with Crippen molar-refractivity contribution in [1.29, 1.82) is 5.26 Å². The van der Waals surface area contributed by atoms with Crippen LogP contribution in [0.2, 0.25) is 0 Å². The second-order valence-electron chi connectivity index (χ2n) is 5.85. The lowest BCUT2D eigenvalue weighted by atomic mass is 9.81. The molecule has 4 heteroatoms. The number of carboxylic acid groups (broad SMARTS) is 1. The first-order chi connectivity index (χ1) is 9.46. The smallest absolute Gasteiger partial charge is 0.310 e. The summed E-state index contributed by atoms with van der Waals surface area (Å²) in [5.41, 5.74) is 1.12. The summed E-state index contributed by atoms with van der Waals surface area (Å²) in [6.45, 7) is 5.41. The number of nitrogens with zero attached hydrogens (tertiary/aromatic N) is 2. The van der Waals surface area contributed by atoms with Gasteiger partial charge in [-0.25, -0.2) is 0 Å². The molecule has 1 fully saturated rings. The molecule has 0 radical (unpaired) electrons. The molecule has 2 unspecified atom stereocenters. The van der Waals surface area contributed by atoms with Crippen molar-refractivity contribution in [2.45, 2.75) is 32.7 Å². The van der Waals surface area contributed by atoms with Crippen molar-refractivity contribution in [1.82, 2.24) is 4.90 Å². The highest BCUT2D eigenvalue weighted by molar-refractivity contribution is 5.74. The summed E-state index contributed by atoms with van der Waals surface area (Å²) < 4.78 is 0. The molecule has 0 spiro atoms. The fourth-order valence-electron chi connectivity index (χ4n) is 2.83. The van der Waals surface area contributed by atoms with Crippen molar-refractivity contribution < 1.29 is 9.90 Å². The Morgan fingerprint density at radius 2 is 2.10 bits per heavy atom. The van der Waals surface area contributed by atoms with Gasteiger partial charge in [0.05, 0.1) is 17.0 Å². The van der Waals surface area contributed by atoms with E-state index in [4.69, 9.17) is 5.26 Å². The summed E-state index contributed by atoms with van der Waals surface area (Å²) in [5, 5.41) is 18.2. The molecule has 0 amide bonds. The average Bonchev–Trinajstić information content (AvgIpc) is 2.46. The first-order valence-electron chi connectivity index (χ1n) is 6.94. The molecule has 4 nitrogen and oxygen atoms in total. The Kier molecular flexibility index (Phi) is 4.10. The maximum Gasteiger partial charge on any atom is 0.310 e. The van der Waals surface area contributed by atoms with Gasteiger partial charge in [0, 0.05) is 12.6 Å². The number of likely N-dealkylation sites (tertiary alicyclic amines) is 1. The maximum absolute atomic E-state index is 11.4. The zero-order valence-corrected chi connectivity index (χ0v) is 12.0. The molecule has 1 saturated heterocycles. The number of carbonyl (C=O) groups is 1. The molecule has 1 aliphatic rings. The molecule has 1 N–H and O–H groups in total. The number of hydrogen-bond donors (Lipinski definition) is 1. The zero-order valence-electron chi connectivity index (χ0n) is 12.0. The predicted octanol–water partition coefficient (Wildman–Crippen LogP) is 2.81. The Labute approximate surface area is 119 Å². The van der Waals surface area contributed by atoms with Gasteiger partial charge in [0.1, 0.15) is 0 Å². The van der Waals surface area contributed by atoms with Crippen LogP contribution in [-0.2, 0) is 4.79 Å².